The lowest BCUT2D eigenvalue weighted by molar-refractivity contribution is -0.130. The van der Waals surface area contributed by atoms with Crippen molar-refractivity contribution in [3.63, 3.8) is 0 Å². The van der Waals surface area contributed by atoms with Crippen molar-refractivity contribution >= 4 is 41.9 Å². The van der Waals surface area contributed by atoms with E-state index in [-0.39, 0.29) is 41.7 Å². The highest BCUT2D eigenvalue weighted by molar-refractivity contribution is 14.0. The first-order valence-electron chi connectivity index (χ1n) is 9.23. The molecule has 3 amide bonds. The van der Waals surface area contributed by atoms with Crippen molar-refractivity contribution in [3.05, 3.63) is 35.6 Å². The number of rotatable bonds is 8. The zero-order valence-corrected chi connectivity index (χ0v) is 18.9. The van der Waals surface area contributed by atoms with Crippen molar-refractivity contribution in [1.29, 1.82) is 0 Å². The number of amides is 3. The van der Waals surface area contributed by atoms with Gasteiger partial charge in [0.1, 0.15) is 11.4 Å². The molecule has 0 aliphatic carbocycles. The Bertz CT molecular complexity index is 715. The molecule has 0 spiro atoms. The van der Waals surface area contributed by atoms with E-state index in [4.69, 9.17) is 0 Å². The SMILES string of the molecule is CCC1(C)NC(=O)N(CCCNC(=NC)NCCc2ccccc2F)C1=O.I. The van der Waals surface area contributed by atoms with Gasteiger partial charge in [0.05, 0.1) is 0 Å². The third-order valence-corrected chi connectivity index (χ3v) is 4.77. The number of halogens is 2. The Morgan fingerprint density at radius 3 is 2.54 bits per heavy atom. The average molecular weight is 505 g/mol. The van der Waals surface area contributed by atoms with Crippen LogP contribution in [0.1, 0.15) is 32.3 Å². The number of hydrogen-bond acceptors (Lipinski definition) is 3. The topological polar surface area (TPSA) is 85.8 Å². The first kappa shape index (κ1) is 24.1. The van der Waals surface area contributed by atoms with E-state index >= 15 is 0 Å². The van der Waals surface area contributed by atoms with Crippen molar-refractivity contribution in [1.82, 2.24) is 20.9 Å². The van der Waals surface area contributed by atoms with Crippen LogP contribution in [-0.4, -0.2) is 55.0 Å². The van der Waals surface area contributed by atoms with Gasteiger partial charge in [-0.15, -0.1) is 24.0 Å². The Labute approximate surface area is 182 Å². The van der Waals surface area contributed by atoms with Gasteiger partial charge >= 0.3 is 6.03 Å². The molecule has 1 aliphatic heterocycles. The summed E-state index contributed by atoms with van der Waals surface area (Å²) in [6.07, 6.45) is 1.71. The number of nitrogens with zero attached hydrogens (tertiary/aromatic N) is 2. The fourth-order valence-electron chi connectivity index (χ4n) is 2.87. The fourth-order valence-corrected chi connectivity index (χ4v) is 2.87. The summed E-state index contributed by atoms with van der Waals surface area (Å²) in [4.78, 5) is 29.6. The standard InChI is InChI=1S/C19H28FN5O2.HI/c1-4-19(2)16(26)25(18(27)24-19)13-7-11-22-17(21-3)23-12-10-14-8-5-6-9-15(14)20;/h5-6,8-9H,4,7,10-13H2,1-3H3,(H,24,27)(H2,21,22,23);1H. The van der Waals surface area contributed by atoms with E-state index in [1.54, 1.807) is 26.1 Å². The maximum atomic E-state index is 13.6. The second-order valence-electron chi connectivity index (χ2n) is 6.69. The van der Waals surface area contributed by atoms with Gasteiger partial charge in [-0.1, -0.05) is 25.1 Å². The van der Waals surface area contributed by atoms with Gasteiger partial charge in [-0.2, -0.15) is 0 Å². The molecule has 1 fully saturated rings. The summed E-state index contributed by atoms with van der Waals surface area (Å²) in [5.41, 5.74) is -0.146. The number of carbonyl (C=O) groups excluding carboxylic acids is 2. The maximum absolute atomic E-state index is 13.6. The molecule has 0 aromatic heterocycles. The Hall–Kier alpha value is -1.91. The van der Waals surface area contributed by atoms with E-state index in [0.717, 1.165) is 0 Å². The highest BCUT2D eigenvalue weighted by Crippen LogP contribution is 2.20. The summed E-state index contributed by atoms with van der Waals surface area (Å²) in [6.45, 7) is 5.06. The van der Waals surface area contributed by atoms with Crippen molar-refractivity contribution in [2.45, 2.75) is 38.6 Å². The normalized spacial score (nSPS) is 19.3. The van der Waals surface area contributed by atoms with Crippen LogP contribution in [0, 0.1) is 5.82 Å². The van der Waals surface area contributed by atoms with Gasteiger partial charge < -0.3 is 16.0 Å². The second-order valence-corrected chi connectivity index (χ2v) is 6.69. The lowest BCUT2D eigenvalue weighted by atomic mass is 9.99. The van der Waals surface area contributed by atoms with Gasteiger partial charge in [0, 0.05) is 26.7 Å². The van der Waals surface area contributed by atoms with Crippen LogP contribution in [0.3, 0.4) is 0 Å². The molecule has 1 saturated heterocycles. The molecule has 1 aromatic rings. The number of benzene rings is 1. The highest BCUT2D eigenvalue weighted by atomic mass is 127. The van der Waals surface area contributed by atoms with Crippen molar-refractivity contribution in [3.8, 4) is 0 Å². The Kier molecular flexibility index (Phi) is 9.63. The van der Waals surface area contributed by atoms with Gasteiger partial charge in [-0.3, -0.25) is 14.7 Å². The molecule has 0 bridgehead atoms. The number of hydrogen-bond donors (Lipinski definition) is 3. The van der Waals surface area contributed by atoms with Gasteiger partial charge in [0.25, 0.3) is 5.91 Å². The second kappa shape index (κ2) is 11.2. The molecular formula is C19H29FIN5O2. The molecule has 1 aromatic carbocycles. The Balaban J connectivity index is 0.00000392. The molecule has 1 aliphatic rings. The van der Waals surface area contributed by atoms with E-state index in [0.29, 0.717) is 50.4 Å². The average Bonchev–Trinajstić information content (AvgIpc) is 2.88. The number of guanidine groups is 1. The van der Waals surface area contributed by atoms with E-state index in [2.05, 4.69) is 20.9 Å². The zero-order valence-electron chi connectivity index (χ0n) is 16.5. The van der Waals surface area contributed by atoms with Crippen LogP contribution >= 0.6 is 24.0 Å². The summed E-state index contributed by atoms with van der Waals surface area (Å²) in [5, 5.41) is 9.00. The van der Waals surface area contributed by atoms with Gasteiger partial charge in [-0.05, 0) is 37.8 Å². The van der Waals surface area contributed by atoms with Gasteiger partial charge in [0.2, 0.25) is 0 Å². The largest absolute Gasteiger partial charge is 0.356 e. The van der Waals surface area contributed by atoms with Crippen molar-refractivity contribution < 1.29 is 14.0 Å². The summed E-state index contributed by atoms with van der Waals surface area (Å²) < 4.78 is 13.6. The molecule has 1 atom stereocenters. The summed E-state index contributed by atoms with van der Waals surface area (Å²) in [6, 6.07) is 6.35. The number of urea groups is 1. The van der Waals surface area contributed by atoms with Gasteiger partial charge in [-0.25, -0.2) is 9.18 Å². The third-order valence-electron chi connectivity index (χ3n) is 4.77. The fraction of sp³-hybridized carbons (Fsp3) is 0.526. The zero-order chi connectivity index (χ0) is 19.9. The first-order chi connectivity index (χ1) is 12.9. The lowest BCUT2D eigenvalue weighted by Gasteiger charge is -2.19. The van der Waals surface area contributed by atoms with E-state index in [1.165, 1.54) is 11.0 Å². The van der Waals surface area contributed by atoms with E-state index in [1.807, 2.05) is 13.0 Å². The van der Waals surface area contributed by atoms with Crippen LogP contribution in [0.5, 0.6) is 0 Å². The first-order valence-corrected chi connectivity index (χ1v) is 9.23. The smallest absolute Gasteiger partial charge is 0.325 e. The van der Waals surface area contributed by atoms with Crippen LogP contribution in [0.4, 0.5) is 9.18 Å². The minimum absolute atomic E-state index is 0. The molecule has 9 heteroatoms. The quantitative estimate of drug-likeness (QED) is 0.166. The minimum Gasteiger partial charge on any atom is -0.356 e. The lowest BCUT2D eigenvalue weighted by Crippen LogP contribution is -2.43. The number of nitrogens with one attached hydrogen (secondary N) is 3. The summed E-state index contributed by atoms with van der Waals surface area (Å²) >= 11 is 0. The predicted molar refractivity (Wildman–Crippen MR) is 118 cm³/mol. The minimum atomic E-state index is -0.797. The Morgan fingerprint density at radius 1 is 1.25 bits per heavy atom. The van der Waals surface area contributed by atoms with Crippen molar-refractivity contribution in [2.24, 2.45) is 4.99 Å². The predicted octanol–water partition coefficient (Wildman–Crippen LogP) is 2.26. The highest BCUT2D eigenvalue weighted by Gasteiger charge is 2.45. The van der Waals surface area contributed by atoms with E-state index < -0.39 is 5.54 Å². The molecule has 156 valence electrons. The van der Waals surface area contributed by atoms with E-state index in [9.17, 15) is 14.0 Å². The molecule has 28 heavy (non-hydrogen) atoms. The summed E-state index contributed by atoms with van der Waals surface area (Å²) in [7, 11) is 1.66. The molecule has 7 nitrogen and oxygen atoms in total. The number of aliphatic imine (C=N–C) groups is 1. The van der Waals surface area contributed by atoms with Gasteiger partial charge in [0.15, 0.2) is 5.96 Å². The molecular weight excluding hydrogens is 476 g/mol. The van der Waals surface area contributed by atoms with Crippen LogP contribution < -0.4 is 16.0 Å². The molecule has 0 radical (unpaired) electrons. The maximum Gasteiger partial charge on any atom is 0.325 e. The van der Waals surface area contributed by atoms with Crippen LogP contribution in [-0.2, 0) is 11.2 Å². The summed E-state index contributed by atoms with van der Waals surface area (Å²) in [5.74, 6) is 0.208. The molecule has 2 rings (SSSR count). The molecule has 1 heterocycles. The van der Waals surface area contributed by atoms with Crippen LogP contribution in [0.15, 0.2) is 29.3 Å². The number of imide groups is 1. The van der Waals surface area contributed by atoms with Crippen LogP contribution in [0.2, 0.25) is 0 Å². The Morgan fingerprint density at radius 2 is 1.93 bits per heavy atom. The molecule has 1 unspecified atom stereocenters. The third kappa shape index (κ3) is 6.05. The van der Waals surface area contributed by atoms with Crippen molar-refractivity contribution in [2.75, 3.05) is 26.7 Å². The monoisotopic (exact) mass is 505 g/mol. The number of carbonyl (C=O) groups is 2. The molecule has 3 N–H and O–H groups in total. The molecule has 0 saturated carbocycles. The van der Waals surface area contributed by atoms with Crippen LogP contribution in [0.25, 0.3) is 0 Å².